The van der Waals surface area contributed by atoms with Crippen molar-refractivity contribution in [1.29, 1.82) is 0 Å². The first-order valence-electron chi connectivity index (χ1n) is 7.79. The van der Waals surface area contributed by atoms with Crippen LogP contribution in [0.5, 0.6) is 0 Å². The van der Waals surface area contributed by atoms with E-state index in [9.17, 15) is 10.1 Å². The number of fused-ring (bicyclic) bond motifs is 1. The van der Waals surface area contributed by atoms with Gasteiger partial charge < -0.3 is 5.32 Å². The van der Waals surface area contributed by atoms with E-state index in [-0.39, 0.29) is 11.7 Å². The van der Waals surface area contributed by atoms with E-state index in [0.717, 1.165) is 19.5 Å². The van der Waals surface area contributed by atoms with E-state index in [1.54, 1.807) is 12.3 Å². The zero-order chi connectivity index (χ0) is 16.2. The van der Waals surface area contributed by atoms with Crippen LogP contribution in [0.4, 0.5) is 11.5 Å². The van der Waals surface area contributed by atoms with Gasteiger partial charge in [-0.1, -0.05) is 24.3 Å². The van der Waals surface area contributed by atoms with Crippen molar-refractivity contribution >= 4 is 11.5 Å². The van der Waals surface area contributed by atoms with Crippen molar-refractivity contribution in [2.45, 2.75) is 25.9 Å². The van der Waals surface area contributed by atoms with Gasteiger partial charge in [-0.3, -0.25) is 15.0 Å². The van der Waals surface area contributed by atoms with Gasteiger partial charge in [0.2, 0.25) is 5.82 Å². The van der Waals surface area contributed by atoms with Gasteiger partial charge in [0.05, 0.1) is 4.92 Å². The Kier molecular flexibility index (Phi) is 4.52. The van der Waals surface area contributed by atoms with Crippen LogP contribution in [-0.2, 0) is 13.0 Å². The fraction of sp³-hybridized carbons (Fsp3) is 0.353. The van der Waals surface area contributed by atoms with Gasteiger partial charge >= 0.3 is 5.69 Å². The van der Waals surface area contributed by atoms with E-state index >= 15 is 0 Å². The topological polar surface area (TPSA) is 71.3 Å². The Balaban J connectivity index is 1.63. The maximum Gasteiger partial charge on any atom is 0.311 e. The van der Waals surface area contributed by atoms with Gasteiger partial charge in [-0.15, -0.1) is 0 Å². The smallest absolute Gasteiger partial charge is 0.311 e. The molecule has 0 radical (unpaired) electrons. The van der Waals surface area contributed by atoms with Crippen molar-refractivity contribution in [3.05, 3.63) is 63.8 Å². The molecule has 0 spiro atoms. The van der Waals surface area contributed by atoms with Crippen molar-refractivity contribution in [2.75, 3.05) is 18.4 Å². The zero-order valence-corrected chi connectivity index (χ0v) is 13.1. The van der Waals surface area contributed by atoms with Gasteiger partial charge in [-0.25, -0.2) is 4.98 Å². The highest BCUT2D eigenvalue weighted by Crippen LogP contribution is 2.22. The summed E-state index contributed by atoms with van der Waals surface area (Å²) in [6.07, 6.45) is 2.61. The second-order valence-corrected chi connectivity index (χ2v) is 5.85. The molecule has 1 aromatic heterocycles. The number of nitrogens with one attached hydrogen (secondary N) is 1. The molecule has 1 N–H and O–H groups in total. The highest BCUT2D eigenvalue weighted by Gasteiger charge is 2.21. The monoisotopic (exact) mass is 312 g/mol. The summed E-state index contributed by atoms with van der Waals surface area (Å²) in [4.78, 5) is 17.1. The fourth-order valence-electron chi connectivity index (χ4n) is 2.95. The van der Waals surface area contributed by atoms with Crippen LogP contribution in [0, 0.1) is 10.1 Å². The molecule has 0 unspecified atom stereocenters. The van der Waals surface area contributed by atoms with Crippen molar-refractivity contribution in [3.8, 4) is 0 Å². The number of hydrogen-bond acceptors (Lipinski definition) is 5. The molecule has 1 atom stereocenters. The molecule has 2 heterocycles. The van der Waals surface area contributed by atoms with Crippen LogP contribution in [0.15, 0.2) is 42.6 Å². The van der Waals surface area contributed by atoms with Crippen LogP contribution in [-0.4, -0.2) is 33.9 Å². The van der Waals surface area contributed by atoms with Gasteiger partial charge in [0, 0.05) is 37.9 Å². The summed E-state index contributed by atoms with van der Waals surface area (Å²) in [6.45, 7) is 4.68. The number of pyridine rings is 1. The summed E-state index contributed by atoms with van der Waals surface area (Å²) in [5.41, 5.74) is 2.81. The minimum Gasteiger partial charge on any atom is -0.363 e. The Hall–Kier alpha value is -2.47. The summed E-state index contributed by atoms with van der Waals surface area (Å²) < 4.78 is 0. The van der Waals surface area contributed by atoms with E-state index in [1.165, 1.54) is 17.2 Å². The second kappa shape index (κ2) is 6.75. The molecule has 0 fully saturated rings. The van der Waals surface area contributed by atoms with E-state index < -0.39 is 4.92 Å². The molecule has 6 heteroatoms. The standard InChI is InChI=1S/C17H20N4O2/c1-13(11-19-17-16(21(22)23)7-4-9-18-17)20-10-8-14-5-2-3-6-15(14)12-20/h2-7,9,13H,8,10-12H2,1H3,(H,18,19)/t13-/m0/s1. The lowest BCUT2D eigenvalue weighted by molar-refractivity contribution is -0.384. The van der Waals surface area contributed by atoms with Crippen LogP contribution >= 0.6 is 0 Å². The molecule has 2 aromatic rings. The largest absolute Gasteiger partial charge is 0.363 e. The second-order valence-electron chi connectivity index (χ2n) is 5.85. The molecule has 120 valence electrons. The number of hydrogen-bond donors (Lipinski definition) is 1. The first-order valence-corrected chi connectivity index (χ1v) is 7.79. The lowest BCUT2D eigenvalue weighted by Crippen LogP contribution is -2.41. The molecule has 0 saturated carbocycles. The molecule has 0 aliphatic carbocycles. The number of rotatable bonds is 5. The number of aromatic nitrogens is 1. The quantitative estimate of drug-likeness (QED) is 0.679. The van der Waals surface area contributed by atoms with Gasteiger partial charge in [0.25, 0.3) is 0 Å². The lowest BCUT2D eigenvalue weighted by Gasteiger charge is -2.33. The molecule has 0 amide bonds. The number of nitrogens with zero attached hydrogens (tertiary/aromatic N) is 3. The summed E-state index contributed by atoms with van der Waals surface area (Å²) in [5.74, 6) is 0.335. The number of benzene rings is 1. The summed E-state index contributed by atoms with van der Waals surface area (Å²) in [7, 11) is 0. The van der Waals surface area contributed by atoms with Crippen molar-refractivity contribution in [3.63, 3.8) is 0 Å². The highest BCUT2D eigenvalue weighted by molar-refractivity contribution is 5.55. The molecule has 1 aliphatic heterocycles. The van der Waals surface area contributed by atoms with E-state index in [2.05, 4.69) is 46.4 Å². The average Bonchev–Trinajstić information content (AvgIpc) is 2.59. The van der Waals surface area contributed by atoms with Gasteiger partial charge in [0.1, 0.15) is 0 Å². The maximum atomic E-state index is 11.0. The molecule has 0 bridgehead atoms. The third-order valence-corrected chi connectivity index (χ3v) is 4.33. The molecular weight excluding hydrogens is 292 g/mol. The van der Waals surface area contributed by atoms with Gasteiger partial charge in [-0.2, -0.15) is 0 Å². The minimum atomic E-state index is -0.406. The summed E-state index contributed by atoms with van der Waals surface area (Å²) in [6, 6.07) is 11.8. The Morgan fingerprint density at radius 3 is 2.87 bits per heavy atom. The Labute approximate surface area is 135 Å². The van der Waals surface area contributed by atoms with Crippen LogP contribution < -0.4 is 5.32 Å². The molecule has 0 saturated heterocycles. The third-order valence-electron chi connectivity index (χ3n) is 4.33. The SMILES string of the molecule is C[C@@H](CNc1ncccc1[N+](=O)[O-])N1CCc2ccccc2C1. The average molecular weight is 312 g/mol. The lowest BCUT2D eigenvalue weighted by atomic mass is 9.99. The Bertz CT molecular complexity index is 704. The van der Waals surface area contributed by atoms with Crippen molar-refractivity contribution in [1.82, 2.24) is 9.88 Å². The Morgan fingerprint density at radius 1 is 1.30 bits per heavy atom. The molecule has 6 nitrogen and oxygen atoms in total. The summed E-state index contributed by atoms with van der Waals surface area (Å²) >= 11 is 0. The first kappa shape index (κ1) is 15.4. The molecule has 1 aliphatic rings. The van der Waals surface area contributed by atoms with E-state index in [1.807, 2.05) is 0 Å². The van der Waals surface area contributed by atoms with E-state index in [4.69, 9.17) is 0 Å². The van der Waals surface area contributed by atoms with Crippen LogP contribution in [0.1, 0.15) is 18.1 Å². The highest BCUT2D eigenvalue weighted by atomic mass is 16.6. The predicted molar refractivity (Wildman–Crippen MR) is 89.4 cm³/mol. The molecule has 23 heavy (non-hydrogen) atoms. The third kappa shape index (κ3) is 3.48. The molecule has 3 rings (SSSR count). The first-order chi connectivity index (χ1) is 11.1. The van der Waals surface area contributed by atoms with Crippen LogP contribution in [0.2, 0.25) is 0 Å². The normalized spacial score (nSPS) is 15.7. The van der Waals surface area contributed by atoms with Gasteiger partial charge in [-0.05, 0) is 30.5 Å². The summed E-state index contributed by atoms with van der Waals surface area (Å²) in [5, 5.41) is 14.1. The fourth-order valence-corrected chi connectivity index (χ4v) is 2.95. The van der Waals surface area contributed by atoms with Crippen molar-refractivity contribution < 1.29 is 4.92 Å². The van der Waals surface area contributed by atoms with E-state index in [0.29, 0.717) is 12.4 Å². The number of nitro groups is 1. The minimum absolute atomic E-state index is 0.0173. The number of anilines is 1. The Morgan fingerprint density at radius 2 is 2.09 bits per heavy atom. The molecular formula is C17H20N4O2. The zero-order valence-electron chi connectivity index (χ0n) is 13.1. The van der Waals surface area contributed by atoms with Crippen LogP contribution in [0.3, 0.4) is 0 Å². The molecule has 1 aromatic carbocycles. The predicted octanol–water partition coefficient (Wildman–Crippen LogP) is 2.85. The van der Waals surface area contributed by atoms with Crippen LogP contribution in [0.25, 0.3) is 0 Å². The van der Waals surface area contributed by atoms with Crippen molar-refractivity contribution in [2.24, 2.45) is 0 Å². The van der Waals surface area contributed by atoms with Gasteiger partial charge in [0.15, 0.2) is 0 Å². The maximum absolute atomic E-state index is 11.0.